The topological polar surface area (TPSA) is 107 Å². The van der Waals surface area contributed by atoms with Crippen molar-refractivity contribution in [2.75, 3.05) is 11.1 Å². The smallest absolute Gasteiger partial charge is 0.229 e. The summed E-state index contributed by atoms with van der Waals surface area (Å²) in [6.45, 7) is 6.85. The van der Waals surface area contributed by atoms with Gasteiger partial charge in [-0.2, -0.15) is 4.98 Å². The SMILES string of the molecule is CCn1c(-c2ccnc(N)n2)nc2cnc(Nc3ccc(C)cc3C)nc21. The predicted octanol–water partition coefficient (Wildman–Crippen LogP) is 3.25. The van der Waals surface area contributed by atoms with Crippen molar-refractivity contribution in [3.05, 3.63) is 47.8 Å². The summed E-state index contributed by atoms with van der Waals surface area (Å²) in [5, 5.41) is 3.29. The fraction of sp³-hybridized carbons (Fsp3) is 0.211. The van der Waals surface area contributed by atoms with Crippen LogP contribution in [-0.2, 0) is 6.54 Å². The van der Waals surface area contributed by atoms with Gasteiger partial charge in [0.15, 0.2) is 11.5 Å². The third-order valence-corrected chi connectivity index (χ3v) is 4.34. The van der Waals surface area contributed by atoms with Crippen LogP contribution in [-0.4, -0.2) is 29.5 Å². The lowest BCUT2D eigenvalue weighted by Crippen LogP contribution is -2.04. The number of anilines is 3. The normalized spacial score (nSPS) is 11.1. The Balaban J connectivity index is 1.78. The molecule has 4 aromatic rings. The molecule has 0 saturated carbocycles. The van der Waals surface area contributed by atoms with Crippen molar-refractivity contribution >= 4 is 28.7 Å². The zero-order chi connectivity index (χ0) is 19.0. The predicted molar refractivity (Wildman–Crippen MR) is 106 cm³/mol. The fourth-order valence-electron chi connectivity index (χ4n) is 3.05. The van der Waals surface area contributed by atoms with E-state index >= 15 is 0 Å². The fourth-order valence-corrected chi connectivity index (χ4v) is 3.05. The zero-order valence-electron chi connectivity index (χ0n) is 15.4. The van der Waals surface area contributed by atoms with Crippen LogP contribution in [0.15, 0.2) is 36.7 Å². The highest BCUT2D eigenvalue weighted by atomic mass is 15.2. The average Bonchev–Trinajstić information content (AvgIpc) is 3.02. The van der Waals surface area contributed by atoms with Gasteiger partial charge >= 0.3 is 0 Å². The summed E-state index contributed by atoms with van der Waals surface area (Å²) < 4.78 is 1.99. The number of nitrogen functional groups attached to an aromatic ring is 1. The third kappa shape index (κ3) is 3.17. The Morgan fingerprint density at radius 2 is 1.93 bits per heavy atom. The van der Waals surface area contributed by atoms with E-state index in [0.717, 1.165) is 16.9 Å². The average molecular weight is 360 g/mol. The maximum Gasteiger partial charge on any atom is 0.229 e. The van der Waals surface area contributed by atoms with E-state index in [4.69, 9.17) is 5.73 Å². The molecule has 8 nitrogen and oxygen atoms in total. The summed E-state index contributed by atoms with van der Waals surface area (Å²) in [6, 6.07) is 7.99. The van der Waals surface area contributed by atoms with E-state index in [1.165, 1.54) is 5.56 Å². The van der Waals surface area contributed by atoms with E-state index in [0.29, 0.717) is 29.5 Å². The minimum Gasteiger partial charge on any atom is -0.368 e. The second kappa shape index (κ2) is 6.64. The number of nitrogens with zero attached hydrogens (tertiary/aromatic N) is 6. The summed E-state index contributed by atoms with van der Waals surface area (Å²) in [6.07, 6.45) is 3.34. The molecule has 1 aromatic carbocycles. The monoisotopic (exact) mass is 360 g/mol. The second-order valence-electron chi connectivity index (χ2n) is 6.33. The number of benzene rings is 1. The number of hydrogen-bond donors (Lipinski definition) is 2. The lowest BCUT2D eigenvalue weighted by atomic mass is 10.1. The molecule has 0 bridgehead atoms. The van der Waals surface area contributed by atoms with Crippen LogP contribution >= 0.6 is 0 Å². The molecule has 27 heavy (non-hydrogen) atoms. The summed E-state index contributed by atoms with van der Waals surface area (Å²) in [4.78, 5) is 21.9. The van der Waals surface area contributed by atoms with Crippen LogP contribution in [0.4, 0.5) is 17.6 Å². The number of aryl methyl sites for hydroxylation is 3. The van der Waals surface area contributed by atoms with Gasteiger partial charge in [-0.1, -0.05) is 17.7 Å². The summed E-state index contributed by atoms with van der Waals surface area (Å²) >= 11 is 0. The highest BCUT2D eigenvalue weighted by Crippen LogP contribution is 2.24. The molecule has 0 saturated heterocycles. The molecule has 0 fully saturated rings. The first-order chi connectivity index (χ1) is 13.0. The van der Waals surface area contributed by atoms with E-state index < -0.39 is 0 Å². The van der Waals surface area contributed by atoms with Crippen LogP contribution in [0, 0.1) is 13.8 Å². The Labute approximate surface area is 156 Å². The maximum atomic E-state index is 5.72. The first-order valence-corrected chi connectivity index (χ1v) is 8.71. The van der Waals surface area contributed by atoms with Crippen LogP contribution in [0.25, 0.3) is 22.7 Å². The molecule has 3 N–H and O–H groups in total. The van der Waals surface area contributed by atoms with Crippen LogP contribution in [0.1, 0.15) is 18.1 Å². The van der Waals surface area contributed by atoms with Crippen molar-refractivity contribution < 1.29 is 0 Å². The molecule has 0 aliphatic rings. The molecule has 0 unspecified atom stereocenters. The van der Waals surface area contributed by atoms with Crippen LogP contribution < -0.4 is 11.1 Å². The van der Waals surface area contributed by atoms with Crippen molar-refractivity contribution in [1.29, 1.82) is 0 Å². The molecule has 0 atom stereocenters. The number of hydrogen-bond acceptors (Lipinski definition) is 7. The quantitative estimate of drug-likeness (QED) is 0.575. The molecule has 136 valence electrons. The van der Waals surface area contributed by atoms with Gasteiger partial charge in [0.2, 0.25) is 11.9 Å². The van der Waals surface area contributed by atoms with Gasteiger partial charge in [0.05, 0.1) is 6.20 Å². The Bertz CT molecular complexity index is 1130. The third-order valence-electron chi connectivity index (χ3n) is 4.34. The van der Waals surface area contributed by atoms with Crippen LogP contribution in [0.2, 0.25) is 0 Å². The molecular formula is C19H20N8. The van der Waals surface area contributed by atoms with Gasteiger partial charge in [-0.25, -0.2) is 19.9 Å². The molecule has 0 spiro atoms. The molecule has 3 heterocycles. The van der Waals surface area contributed by atoms with Crippen LogP contribution in [0.3, 0.4) is 0 Å². The van der Waals surface area contributed by atoms with Gasteiger partial charge in [-0.15, -0.1) is 0 Å². The number of fused-ring (bicyclic) bond motifs is 1. The molecule has 8 heteroatoms. The number of nitrogens with two attached hydrogens (primary N) is 1. The molecular weight excluding hydrogens is 340 g/mol. The minimum atomic E-state index is 0.213. The minimum absolute atomic E-state index is 0.213. The second-order valence-corrected chi connectivity index (χ2v) is 6.33. The molecule has 0 aliphatic carbocycles. The summed E-state index contributed by atoms with van der Waals surface area (Å²) in [5.41, 5.74) is 11.2. The van der Waals surface area contributed by atoms with E-state index in [-0.39, 0.29) is 5.95 Å². The number of aromatic nitrogens is 6. The van der Waals surface area contributed by atoms with Gasteiger partial charge in [0, 0.05) is 18.4 Å². The number of imidazole rings is 1. The molecule has 4 rings (SSSR count). The van der Waals surface area contributed by atoms with E-state index in [9.17, 15) is 0 Å². The van der Waals surface area contributed by atoms with Crippen LogP contribution in [0.5, 0.6) is 0 Å². The zero-order valence-corrected chi connectivity index (χ0v) is 15.4. The summed E-state index contributed by atoms with van der Waals surface area (Å²) in [7, 11) is 0. The Morgan fingerprint density at radius 3 is 2.67 bits per heavy atom. The maximum absolute atomic E-state index is 5.72. The standard InChI is InChI=1S/C19H20N8/c1-4-27-16(14-7-8-21-18(20)24-14)23-15-10-22-19(26-17(15)27)25-13-6-5-11(2)9-12(13)3/h5-10H,4H2,1-3H3,(H2,20,21,24)(H,22,25,26). The van der Waals surface area contributed by atoms with E-state index in [1.807, 2.05) is 17.6 Å². The van der Waals surface area contributed by atoms with Gasteiger partial charge < -0.3 is 15.6 Å². The van der Waals surface area contributed by atoms with Gasteiger partial charge in [-0.3, -0.25) is 0 Å². The summed E-state index contributed by atoms with van der Waals surface area (Å²) in [5.74, 6) is 1.43. The lowest BCUT2D eigenvalue weighted by Gasteiger charge is -2.09. The Hall–Kier alpha value is -3.55. The van der Waals surface area contributed by atoms with Crippen molar-refractivity contribution in [3.63, 3.8) is 0 Å². The molecule has 0 aliphatic heterocycles. The lowest BCUT2D eigenvalue weighted by molar-refractivity contribution is 0.783. The van der Waals surface area contributed by atoms with Gasteiger partial charge in [0.1, 0.15) is 11.2 Å². The highest BCUT2D eigenvalue weighted by molar-refractivity contribution is 5.77. The molecule has 3 aromatic heterocycles. The van der Waals surface area contributed by atoms with E-state index in [1.54, 1.807) is 18.5 Å². The van der Waals surface area contributed by atoms with Gasteiger partial charge in [-0.05, 0) is 38.5 Å². The Kier molecular flexibility index (Phi) is 4.15. The highest BCUT2D eigenvalue weighted by Gasteiger charge is 2.15. The first-order valence-electron chi connectivity index (χ1n) is 8.71. The Morgan fingerprint density at radius 1 is 1.07 bits per heavy atom. The molecule has 0 radical (unpaired) electrons. The van der Waals surface area contributed by atoms with E-state index in [2.05, 4.69) is 56.2 Å². The number of rotatable bonds is 4. The first kappa shape index (κ1) is 16.9. The molecule has 0 amide bonds. The van der Waals surface area contributed by atoms with Crippen molar-refractivity contribution in [2.45, 2.75) is 27.3 Å². The van der Waals surface area contributed by atoms with Crippen molar-refractivity contribution in [2.24, 2.45) is 0 Å². The number of nitrogens with one attached hydrogen (secondary N) is 1. The largest absolute Gasteiger partial charge is 0.368 e. The van der Waals surface area contributed by atoms with Crippen molar-refractivity contribution in [3.8, 4) is 11.5 Å². The van der Waals surface area contributed by atoms with Gasteiger partial charge in [0.25, 0.3) is 0 Å². The van der Waals surface area contributed by atoms with Crippen molar-refractivity contribution in [1.82, 2.24) is 29.5 Å².